The van der Waals surface area contributed by atoms with E-state index in [1.54, 1.807) is 0 Å². The highest BCUT2D eigenvalue weighted by atomic mass is 14.6. The number of aromatic nitrogens is 2. The van der Waals surface area contributed by atoms with Gasteiger partial charge in [-0.15, -0.1) is 0 Å². The molecule has 0 aliphatic heterocycles. The first-order valence-electron chi connectivity index (χ1n) is 12.6. The van der Waals surface area contributed by atoms with Crippen LogP contribution in [0.4, 0.5) is 0 Å². The van der Waals surface area contributed by atoms with Gasteiger partial charge in [0.1, 0.15) is 0 Å². The molecule has 0 N–H and O–H groups in total. The predicted molar refractivity (Wildman–Crippen MR) is 132 cm³/mol. The van der Waals surface area contributed by atoms with Gasteiger partial charge in [0.2, 0.25) is 0 Å². The van der Waals surface area contributed by atoms with Crippen LogP contribution in [0.2, 0.25) is 0 Å². The van der Waals surface area contributed by atoms with Crippen molar-refractivity contribution < 1.29 is 0 Å². The van der Waals surface area contributed by atoms with Gasteiger partial charge < -0.3 is 0 Å². The van der Waals surface area contributed by atoms with E-state index in [1.165, 1.54) is 88.2 Å². The third-order valence-corrected chi connectivity index (χ3v) is 5.98. The van der Waals surface area contributed by atoms with E-state index in [0.29, 0.717) is 0 Å². The molecular weight excluding hydrogens is 364 g/mol. The smallest absolute Gasteiger partial charge is 0.0270 e. The van der Waals surface area contributed by atoms with Gasteiger partial charge in [-0.1, -0.05) is 79.1 Å². The summed E-state index contributed by atoms with van der Waals surface area (Å²) in [5.74, 6) is 1.51. The van der Waals surface area contributed by atoms with Crippen LogP contribution in [0.1, 0.15) is 128 Å². The number of unbranched alkanes of at least 4 members (excludes halogenated alkanes) is 4. The maximum absolute atomic E-state index is 4.09. The van der Waals surface area contributed by atoms with Crippen molar-refractivity contribution in [3.8, 4) is 0 Å². The minimum absolute atomic E-state index is 0.757. The molecule has 0 radical (unpaired) electrons. The van der Waals surface area contributed by atoms with Crippen molar-refractivity contribution in [2.24, 2.45) is 0 Å². The number of nitrogens with zero attached hydrogens (tertiary/aromatic N) is 2. The fourth-order valence-corrected chi connectivity index (χ4v) is 4.03. The van der Waals surface area contributed by atoms with Crippen LogP contribution < -0.4 is 0 Å². The van der Waals surface area contributed by atoms with Crippen molar-refractivity contribution in [2.45, 2.75) is 117 Å². The maximum Gasteiger partial charge on any atom is 0.0270 e. The van der Waals surface area contributed by atoms with Gasteiger partial charge in [0.25, 0.3) is 0 Å². The Morgan fingerprint density at radius 3 is 1.00 bits per heavy atom. The molecule has 0 aliphatic rings. The van der Waals surface area contributed by atoms with E-state index in [2.05, 4.69) is 61.9 Å². The highest BCUT2D eigenvalue weighted by Crippen LogP contribution is 2.27. The highest BCUT2D eigenvalue weighted by molar-refractivity contribution is 5.16. The van der Waals surface area contributed by atoms with Crippen LogP contribution in [0.5, 0.6) is 0 Å². The minimum Gasteiger partial charge on any atom is -0.265 e. The zero-order valence-corrected chi connectivity index (χ0v) is 20.2. The summed E-state index contributed by atoms with van der Waals surface area (Å²) in [4.78, 5) is 8.18. The minimum atomic E-state index is 0.757. The zero-order chi connectivity index (χ0) is 21.9. The molecule has 2 nitrogen and oxygen atoms in total. The molecule has 0 bridgehead atoms. The average molecular weight is 411 g/mol. The first-order valence-corrected chi connectivity index (χ1v) is 12.6. The summed E-state index contributed by atoms with van der Waals surface area (Å²) in [6.45, 7) is 9.07. The van der Waals surface area contributed by atoms with Crippen LogP contribution in [0.15, 0.2) is 49.1 Å². The zero-order valence-electron chi connectivity index (χ0n) is 20.2. The van der Waals surface area contributed by atoms with E-state index in [9.17, 15) is 0 Å². The van der Waals surface area contributed by atoms with Gasteiger partial charge in [-0.3, -0.25) is 9.97 Å². The summed E-state index contributed by atoms with van der Waals surface area (Å²) < 4.78 is 0. The van der Waals surface area contributed by atoms with Gasteiger partial charge in [-0.2, -0.15) is 0 Å². The second kappa shape index (κ2) is 18.1. The monoisotopic (exact) mass is 410 g/mol. The topological polar surface area (TPSA) is 25.8 Å². The molecule has 168 valence electrons. The lowest BCUT2D eigenvalue weighted by Gasteiger charge is -2.16. The molecule has 0 saturated carbocycles. The fraction of sp³-hybridized carbons (Fsp3) is 0.643. The van der Waals surface area contributed by atoms with E-state index in [4.69, 9.17) is 0 Å². The Bertz CT molecular complexity index is 525. The summed E-state index contributed by atoms with van der Waals surface area (Å²) in [5.41, 5.74) is 2.96. The number of hydrogen-bond acceptors (Lipinski definition) is 2. The van der Waals surface area contributed by atoms with E-state index in [1.807, 2.05) is 24.8 Å². The van der Waals surface area contributed by atoms with Crippen molar-refractivity contribution in [1.29, 1.82) is 0 Å². The van der Waals surface area contributed by atoms with Gasteiger partial charge in [-0.05, 0) is 72.9 Å². The molecule has 0 amide bonds. The average Bonchev–Trinajstić information content (AvgIpc) is 2.81. The lowest BCUT2D eigenvalue weighted by Crippen LogP contribution is -1.99. The van der Waals surface area contributed by atoms with Crippen LogP contribution in [0.25, 0.3) is 0 Å². The van der Waals surface area contributed by atoms with Gasteiger partial charge >= 0.3 is 0 Å². The lowest BCUT2D eigenvalue weighted by molar-refractivity contribution is 0.524. The number of rotatable bonds is 14. The normalized spacial score (nSPS) is 10.9. The molecule has 0 atom stereocenters. The van der Waals surface area contributed by atoms with Crippen LogP contribution in [-0.4, -0.2) is 9.97 Å². The van der Waals surface area contributed by atoms with E-state index < -0.39 is 0 Å². The Kier molecular flexibility index (Phi) is 15.9. The van der Waals surface area contributed by atoms with Crippen molar-refractivity contribution in [3.63, 3.8) is 0 Å². The maximum atomic E-state index is 4.09. The molecule has 0 saturated heterocycles. The van der Waals surface area contributed by atoms with Crippen LogP contribution in [-0.2, 0) is 0 Å². The molecule has 30 heavy (non-hydrogen) atoms. The van der Waals surface area contributed by atoms with E-state index in [-0.39, 0.29) is 0 Å². The summed E-state index contributed by atoms with van der Waals surface area (Å²) in [6.07, 6.45) is 23.6. The first-order chi connectivity index (χ1) is 14.8. The second-order valence-corrected chi connectivity index (χ2v) is 8.52. The summed E-state index contributed by atoms with van der Waals surface area (Å²) >= 11 is 0. The standard InChI is InChI=1S/2C14H23N/c2*1-3-5-7-13(8-6-4-2)14-9-11-15-12-10-14/h2*9-13H,3-8H2,1-2H3. The third kappa shape index (κ3) is 11.5. The van der Waals surface area contributed by atoms with Gasteiger partial charge in [-0.25, -0.2) is 0 Å². The largest absolute Gasteiger partial charge is 0.265 e. The van der Waals surface area contributed by atoms with Gasteiger partial charge in [0.15, 0.2) is 0 Å². The highest BCUT2D eigenvalue weighted by Gasteiger charge is 2.10. The SMILES string of the molecule is CCCCC(CCCC)c1ccncc1.CCCCC(CCCC)c1ccncc1. The van der Waals surface area contributed by atoms with Crippen LogP contribution in [0, 0.1) is 0 Å². The molecule has 0 unspecified atom stereocenters. The molecule has 2 heteroatoms. The van der Waals surface area contributed by atoms with Crippen molar-refractivity contribution in [2.75, 3.05) is 0 Å². The molecule has 0 aliphatic carbocycles. The Hall–Kier alpha value is -1.70. The Morgan fingerprint density at radius 2 is 0.767 bits per heavy atom. The third-order valence-electron chi connectivity index (χ3n) is 5.98. The number of pyridine rings is 2. The fourth-order valence-electron chi connectivity index (χ4n) is 4.03. The van der Waals surface area contributed by atoms with E-state index >= 15 is 0 Å². The Morgan fingerprint density at radius 1 is 0.500 bits per heavy atom. The Labute approximate surface area is 187 Å². The summed E-state index contributed by atoms with van der Waals surface area (Å²) in [6, 6.07) is 8.71. The Balaban J connectivity index is 0.000000300. The second-order valence-electron chi connectivity index (χ2n) is 8.52. The first kappa shape index (κ1) is 26.3. The molecule has 2 heterocycles. The van der Waals surface area contributed by atoms with E-state index in [0.717, 1.165) is 11.8 Å². The van der Waals surface area contributed by atoms with Crippen molar-refractivity contribution in [3.05, 3.63) is 60.2 Å². The van der Waals surface area contributed by atoms with Crippen LogP contribution in [0.3, 0.4) is 0 Å². The summed E-state index contributed by atoms with van der Waals surface area (Å²) in [5, 5.41) is 0. The van der Waals surface area contributed by atoms with Gasteiger partial charge in [0.05, 0.1) is 0 Å². The van der Waals surface area contributed by atoms with Crippen LogP contribution >= 0.6 is 0 Å². The quantitative estimate of drug-likeness (QED) is 0.310. The van der Waals surface area contributed by atoms with Crippen molar-refractivity contribution >= 4 is 0 Å². The summed E-state index contributed by atoms with van der Waals surface area (Å²) in [7, 11) is 0. The molecule has 0 spiro atoms. The molecule has 2 aromatic heterocycles. The predicted octanol–water partition coefficient (Wildman–Crippen LogP) is 9.09. The molecule has 2 aromatic rings. The van der Waals surface area contributed by atoms with Crippen molar-refractivity contribution in [1.82, 2.24) is 9.97 Å². The lowest BCUT2D eigenvalue weighted by atomic mass is 9.90. The number of hydrogen-bond donors (Lipinski definition) is 0. The molecule has 0 aromatic carbocycles. The van der Waals surface area contributed by atoms with Gasteiger partial charge in [0, 0.05) is 24.8 Å². The molecule has 0 fully saturated rings. The molecule has 2 rings (SSSR count). The molecular formula is C28H46N2.